The minimum absolute atomic E-state index is 0.0587. The van der Waals surface area contributed by atoms with Crippen molar-refractivity contribution in [3.05, 3.63) is 47.5 Å². The monoisotopic (exact) mass is 540 g/mol. The first kappa shape index (κ1) is 28.5. The highest BCUT2D eigenvalue weighted by atomic mass is 32.2. The van der Waals surface area contributed by atoms with Gasteiger partial charge >= 0.3 is 18.4 Å². The maximum Gasteiger partial charge on any atom is 0.417 e. The van der Waals surface area contributed by atoms with Crippen LogP contribution in [-0.4, -0.2) is 36.6 Å². The molecule has 35 heavy (non-hydrogen) atoms. The molecule has 0 atom stereocenters. The Balaban J connectivity index is 2.17. The van der Waals surface area contributed by atoms with E-state index in [-0.39, 0.29) is 51.7 Å². The Morgan fingerprint density at radius 3 is 1.69 bits per heavy atom. The first-order chi connectivity index (χ1) is 16.3. The van der Waals surface area contributed by atoms with Crippen molar-refractivity contribution >= 4 is 46.9 Å². The van der Waals surface area contributed by atoms with Gasteiger partial charge in [-0.05, 0) is 36.4 Å². The molecule has 0 saturated heterocycles. The summed E-state index contributed by atoms with van der Waals surface area (Å²) in [6.07, 6.45) is -9.40. The Bertz CT molecular complexity index is 1060. The topological polar surface area (TPSA) is 132 Å². The van der Waals surface area contributed by atoms with Gasteiger partial charge in [-0.25, -0.2) is 4.79 Å². The average molecular weight is 541 g/mol. The summed E-state index contributed by atoms with van der Waals surface area (Å²) in [4.78, 5) is 15.8. The van der Waals surface area contributed by atoms with E-state index in [1.165, 1.54) is 24.3 Å². The van der Waals surface area contributed by atoms with Gasteiger partial charge in [0.05, 0.1) is 17.7 Å². The van der Waals surface area contributed by atoms with Crippen molar-refractivity contribution in [3.8, 4) is 0 Å². The summed E-state index contributed by atoms with van der Waals surface area (Å²) in [5.41, 5.74) is 13.4. The van der Waals surface area contributed by atoms with Crippen molar-refractivity contribution in [1.29, 1.82) is 0 Å². The lowest BCUT2D eigenvalue weighted by molar-refractivity contribution is -0.140. The summed E-state index contributed by atoms with van der Waals surface area (Å²) >= 11 is 1.79. The molecule has 0 aromatic heterocycles. The summed E-state index contributed by atoms with van der Waals surface area (Å²) in [5, 5.41) is 4.40. The SMILES string of the molecule is NCCSc1ccc(NC(=O)Nc2ccc(SCCN=C(N)N)c(C(F)(F)F)c2)cc1C(F)(F)F. The normalized spacial score (nSPS) is 11.7. The number of amides is 2. The predicted octanol–water partition coefficient (Wildman–Crippen LogP) is 4.78. The molecule has 0 saturated carbocycles. The molecule has 0 spiro atoms. The Morgan fingerprint density at radius 1 is 0.829 bits per heavy atom. The zero-order valence-corrected chi connectivity index (χ0v) is 19.6. The van der Waals surface area contributed by atoms with Crippen LogP contribution in [0.2, 0.25) is 0 Å². The van der Waals surface area contributed by atoms with Crippen molar-refractivity contribution in [1.82, 2.24) is 0 Å². The second-order valence-corrected chi connectivity index (χ2v) is 9.06. The molecule has 0 radical (unpaired) electrons. The molecule has 0 aliphatic heterocycles. The van der Waals surface area contributed by atoms with Crippen LogP contribution >= 0.6 is 23.5 Å². The molecule has 15 heteroatoms. The summed E-state index contributed by atoms with van der Waals surface area (Å²) < 4.78 is 80.7. The van der Waals surface area contributed by atoms with Gasteiger partial charge in [0.15, 0.2) is 5.96 Å². The molecular formula is C20H22F6N6OS2. The standard InChI is InChI=1S/C20H22F6N6OS2/c21-19(22,23)13-9-11(1-3-15(13)34-7-5-27)31-18(33)32-12-2-4-16(14(10-12)20(24,25)26)35-8-6-30-17(28)29/h1-4,9-10H,5-8,27H2,(H4,28,29,30)(H2,31,32,33). The smallest absolute Gasteiger partial charge is 0.370 e. The first-order valence-corrected chi connectivity index (χ1v) is 11.8. The molecule has 2 rings (SSSR count). The van der Waals surface area contributed by atoms with Crippen molar-refractivity contribution in [2.24, 2.45) is 22.2 Å². The Kier molecular flexibility index (Phi) is 9.97. The van der Waals surface area contributed by atoms with E-state index < -0.39 is 29.5 Å². The van der Waals surface area contributed by atoms with E-state index in [4.69, 9.17) is 17.2 Å². The number of halogens is 6. The van der Waals surface area contributed by atoms with Gasteiger partial charge in [0, 0.05) is 39.2 Å². The van der Waals surface area contributed by atoms with Crippen LogP contribution in [0.15, 0.2) is 51.2 Å². The number of alkyl halides is 6. The Labute approximate surface area is 205 Å². The lowest BCUT2D eigenvalue weighted by Gasteiger charge is -2.16. The number of urea groups is 1. The number of nitrogens with one attached hydrogen (secondary N) is 2. The van der Waals surface area contributed by atoms with Gasteiger partial charge < -0.3 is 27.8 Å². The maximum absolute atomic E-state index is 13.5. The fraction of sp³-hybridized carbons (Fsp3) is 0.300. The molecule has 2 amide bonds. The van der Waals surface area contributed by atoms with Crippen LogP contribution in [0.5, 0.6) is 0 Å². The van der Waals surface area contributed by atoms with E-state index >= 15 is 0 Å². The molecule has 0 aliphatic rings. The number of carbonyl (C=O) groups is 1. The van der Waals surface area contributed by atoms with Crippen LogP contribution in [-0.2, 0) is 12.4 Å². The van der Waals surface area contributed by atoms with Gasteiger partial charge in [-0.15, -0.1) is 23.5 Å². The van der Waals surface area contributed by atoms with Crippen molar-refractivity contribution in [2.45, 2.75) is 22.1 Å². The van der Waals surface area contributed by atoms with E-state index in [1.807, 2.05) is 0 Å². The Hall–Kier alpha value is -2.78. The van der Waals surface area contributed by atoms with Crippen LogP contribution in [0.4, 0.5) is 42.5 Å². The van der Waals surface area contributed by atoms with Crippen molar-refractivity contribution in [2.75, 3.05) is 35.2 Å². The largest absolute Gasteiger partial charge is 0.417 e. The van der Waals surface area contributed by atoms with Gasteiger partial charge in [0.25, 0.3) is 0 Å². The minimum atomic E-state index is -4.72. The number of thioether (sulfide) groups is 2. The zero-order chi connectivity index (χ0) is 26.2. The van der Waals surface area contributed by atoms with Gasteiger partial charge in [-0.3, -0.25) is 4.99 Å². The predicted molar refractivity (Wildman–Crippen MR) is 127 cm³/mol. The summed E-state index contributed by atoms with van der Waals surface area (Å²) in [6.45, 7) is 0.286. The molecule has 0 heterocycles. The molecule has 192 valence electrons. The molecule has 2 aromatic carbocycles. The summed E-state index contributed by atoms with van der Waals surface area (Å²) in [6, 6.07) is 5.32. The summed E-state index contributed by atoms with van der Waals surface area (Å²) in [7, 11) is 0. The number of carbonyl (C=O) groups excluding carboxylic acids is 1. The van der Waals surface area contributed by atoms with E-state index in [9.17, 15) is 31.1 Å². The van der Waals surface area contributed by atoms with Crippen LogP contribution < -0.4 is 27.8 Å². The van der Waals surface area contributed by atoms with Crippen LogP contribution in [0.1, 0.15) is 11.1 Å². The van der Waals surface area contributed by atoms with Gasteiger partial charge in [0.1, 0.15) is 0 Å². The van der Waals surface area contributed by atoms with Crippen LogP contribution in [0.25, 0.3) is 0 Å². The molecule has 0 bridgehead atoms. The minimum Gasteiger partial charge on any atom is -0.370 e. The fourth-order valence-corrected chi connectivity index (χ4v) is 4.43. The lowest BCUT2D eigenvalue weighted by Crippen LogP contribution is -2.23. The number of aliphatic imine (C=N–C) groups is 1. The highest BCUT2D eigenvalue weighted by Gasteiger charge is 2.35. The number of rotatable bonds is 9. The maximum atomic E-state index is 13.5. The van der Waals surface area contributed by atoms with Gasteiger partial charge in [-0.2, -0.15) is 26.3 Å². The first-order valence-electron chi connectivity index (χ1n) is 9.83. The molecule has 0 fully saturated rings. The molecule has 2 aromatic rings. The van der Waals surface area contributed by atoms with E-state index in [0.29, 0.717) is 0 Å². The third kappa shape index (κ3) is 9.07. The van der Waals surface area contributed by atoms with E-state index in [0.717, 1.165) is 35.7 Å². The highest BCUT2D eigenvalue weighted by Crippen LogP contribution is 2.39. The van der Waals surface area contributed by atoms with Gasteiger partial charge in [-0.1, -0.05) is 0 Å². The number of hydrogen-bond donors (Lipinski definition) is 5. The second kappa shape index (κ2) is 12.3. The molecule has 7 nitrogen and oxygen atoms in total. The van der Waals surface area contributed by atoms with Gasteiger partial charge in [0.2, 0.25) is 0 Å². The summed E-state index contributed by atoms with van der Waals surface area (Å²) in [5.74, 6) is 0.258. The number of anilines is 2. The molecular weight excluding hydrogens is 518 g/mol. The van der Waals surface area contributed by atoms with Crippen LogP contribution in [0, 0.1) is 0 Å². The number of nitrogens with zero attached hydrogens (tertiary/aromatic N) is 1. The third-order valence-electron chi connectivity index (χ3n) is 4.10. The second-order valence-electron chi connectivity index (χ2n) is 6.79. The Morgan fingerprint density at radius 2 is 1.29 bits per heavy atom. The molecule has 8 N–H and O–H groups in total. The number of hydrogen-bond acceptors (Lipinski definition) is 5. The quantitative estimate of drug-likeness (QED) is 0.102. The van der Waals surface area contributed by atoms with Crippen molar-refractivity contribution in [3.63, 3.8) is 0 Å². The van der Waals surface area contributed by atoms with E-state index in [1.54, 1.807) is 0 Å². The molecule has 0 aliphatic carbocycles. The van der Waals surface area contributed by atoms with Crippen molar-refractivity contribution < 1.29 is 31.1 Å². The molecule has 0 unspecified atom stereocenters. The number of nitrogens with two attached hydrogens (primary N) is 3. The highest BCUT2D eigenvalue weighted by molar-refractivity contribution is 7.99. The average Bonchev–Trinajstić information content (AvgIpc) is 2.75. The van der Waals surface area contributed by atoms with Crippen LogP contribution in [0.3, 0.4) is 0 Å². The lowest BCUT2D eigenvalue weighted by atomic mass is 10.2. The number of benzene rings is 2. The fourth-order valence-electron chi connectivity index (χ4n) is 2.70. The third-order valence-corrected chi connectivity index (χ3v) is 6.26. The number of guanidine groups is 1. The van der Waals surface area contributed by atoms with E-state index in [2.05, 4.69) is 15.6 Å². The zero-order valence-electron chi connectivity index (χ0n) is 18.0.